The number of nitrogens with two attached hydrogens (primary N) is 1. The highest BCUT2D eigenvalue weighted by atomic mass is 16.5. The molecule has 0 bridgehead atoms. The van der Waals surface area contributed by atoms with Gasteiger partial charge in [-0.2, -0.15) is 0 Å². The average Bonchev–Trinajstić information content (AvgIpc) is 3.26. The fourth-order valence-electron chi connectivity index (χ4n) is 2.60. The van der Waals surface area contributed by atoms with Gasteiger partial charge in [0.2, 0.25) is 5.91 Å². The van der Waals surface area contributed by atoms with Gasteiger partial charge < -0.3 is 15.8 Å². The van der Waals surface area contributed by atoms with Crippen LogP contribution in [0.1, 0.15) is 24.0 Å². The van der Waals surface area contributed by atoms with Gasteiger partial charge in [0.15, 0.2) is 0 Å². The lowest BCUT2D eigenvalue weighted by atomic mass is 10.1. The van der Waals surface area contributed by atoms with E-state index in [0.717, 1.165) is 45.7 Å². The largest absolute Gasteiger partial charge is 0.379 e. The Morgan fingerprint density at radius 2 is 1.90 bits per heavy atom. The van der Waals surface area contributed by atoms with E-state index in [2.05, 4.69) is 22.3 Å². The minimum absolute atomic E-state index is 0.0244. The summed E-state index contributed by atoms with van der Waals surface area (Å²) in [5, 5.41) is 2.97. The van der Waals surface area contributed by atoms with Crippen molar-refractivity contribution in [3.05, 3.63) is 35.4 Å². The second-order valence-electron chi connectivity index (χ2n) is 6.00. The maximum atomic E-state index is 11.9. The van der Waals surface area contributed by atoms with Crippen LogP contribution in [0.3, 0.4) is 0 Å². The Morgan fingerprint density at radius 3 is 2.57 bits per heavy atom. The fourth-order valence-corrected chi connectivity index (χ4v) is 2.60. The number of carbonyl (C=O) groups is 1. The van der Waals surface area contributed by atoms with Crippen LogP contribution in [0.25, 0.3) is 0 Å². The molecule has 114 valence electrons. The van der Waals surface area contributed by atoms with Gasteiger partial charge in [-0.25, -0.2) is 0 Å². The summed E-state index contributed by atoms with van der Waals surface area (Å²) >= 11 is 0. The van der Waals surface area contributed by atoms with E-state index in [1.165, 1.54) is 11.1 Å². The first-order valence-corrected chi connectivity index (χ1v) is 7.61. The topological polar surface area (TPSA) is 67.6 Å². The molecule has 3 N–H and O–H groups in total. The van der Waals surface area contributed by atoms with E-state index in [1.54, 1.807) is 0 Å². The summed E-state index contributed by atoms with van der Waals surface area (Å²) in [6, 6.07) is 8.27. The van der Waals surface area contributed by atoms with Crippen LogP contribution in [0, 0.1) is 0 Å². The molecule has 0 radical (unpaired) electrons. The van der Waals surface area contributed by atoms with E-state index in [1.807, 2.05) is 12.1 Å². The van der Waals surface area contributed by atoms with E-state index in [9.17, 15) is 4.79 Å². The molecule has 5 heteroatoms. The molecule has 0 atom stereocenters. The fraction of sp³-hybridized carbons (Fsp3) is 0.562. The summed E-state index contributed by atoms with van der Waals surface area (Å²) in [5.74, 6) is -0.0244. The predicted molar refractivity (Wildman–Crippen MR) is 80.5 cm³/mol. The summed E-state index contributed by atoms with van der Waals surface area (Å²) in [6.07, 6.45) is 1.60. The second kappa shape index (κ2) is 6.13. The third-order valence-electron chi connectivity index (χ3n) is 4.30. The molecule has 1 aromatic rings. The molecule has 0 aromatic heterocycles. The maximum Gasteiger partial charge on any atom is 0.240 e. The van der Waals surface area contributed by atoms with Crippen LogP contribution in [0.4, 0.5) is 0 Å². The van der Waals surface area contributed by atoms with Gasteiger partial charge in [0.1, 0.15) is 0 Å². The lowest BCUT2D eigenvalue weighted by molar-refractivity contribution is -0.123. The molecule has 0 spiro atoms. The van der Waals surface area contributed by atoms with Crippen LogP contribution in [0.5, 0.6) is 0 Å². The van der Waals surface area contributed by atoms with E-state index in [0.29, 0.717) is 6.54 Å². The van der Waals surface area contributed by atoms with Crippen molar-refractivity contribution in [3.8, 4) is 0 Å². The average molecular weight is 289 g/mol. The molecule has 0 unspecified atom stereocenters. The number of amides is 1. The van der Waals surface area contributed by atoms with Gasteiger partial charge in [-0.15, -0.1) is 0 Å². The number of morpholine rings is 1. The van der Waals surface area contributed by atoms with Crippen molar-refractivity contribution in [2.45, 2.75) is 31.5 Å². The standard InChI is InChI=1S/C16H23N3O2/c17-16(5-6-16)15(20)18-11-13-3-1-2-4-14(13)12-19-7-9-21-10-8-19/h1-4H,5-12,17H2,(H,18,20). The normalized spacial score (nSPS) is 21.0. The van der Waals surface area contributed by atoms with Crippen molar-refractivity contribution >= 4 is 5.91 Å². The smallest absolute Gasteiger partial charge is 0.240 e. The van der Waals surface area contributed by atoms with Crippen LogP contribution in [-0.4, -0.2) is 42.6 Å². The molecule has 1 aromatic carbocycles. The Balaban J connectivity index is 1.60. The van der Waals surface area contributed by atoms with Crippen molar-refractivity contribution in [1.82, 2.24) is 10.2 Å². The Labute approximate surface area is 125 Å². The lowest BCUT2D eigenvalue weighted by Crippen LogP contribution is -2.42. The van der Waals surface area contributed by atoms with Crippen LogP contribution in [0.2, 0.25) is 0 Å². The zero-order valence-electron chi connectivity index (χ0n) is 12.3. The Hall–Kier alpha value is -1.43. The number of ether oxygens (including phenoxy) is 1. The van der Waals surface area contributed by atoms with Gasteiger partial charge >= 0.3 is 0 Å². The number of nitrogens with zero attached hydrogens (tertiary/aromatic N) is 1. The zero-order chi connectivity index (χ0) is 14.7. The Morgan fingerprint density at radius 1 is 1.24 bits per heavy atom. The summed E-state index contributed by atoms with van der Waals surface area (Å²) in [7, 11) is 0. The first-order valence-electron chi connectivity index (χ1n) is 7.61. The highest BCUT2D eigenvalue weighted by Gasteiger charge is 2.45. The quantitative estimate of drug-likeness (QED) is 0.834. The molecule has 1 aliphatic heterocycles. The maximum absolute atomic E-state index is 11.9. The van der Waals surface area contributed by atoms with Gasteiger partial charge in [0.25, 0.3) is 0 Å². The minimum atomic E-state index is -0.598. The van der Waals surface area contributed by atoms with Crippen LogP contribution in [0.15, 0.2) is 24.3 Å². The van der Waals surface area contributed by atoms with Crippen LogP contribution in [-0.2, 0) is 22.6 Å². The van der Waals surface area contributed by atoms with E-state index >= 15 is 0 Å². The number of carbonyl (C=O) groups excluding carboxylic acids is 1. The molecule has 1 amide bonds. The van der Waals surface area contributed by atoms with Crippen molar-refractivity contribution in [2.75, 3.05) is 26.3 Å². The molecule has 5 nitrogen and oxygen atoms in total. The SMILES string of the molecule is NC1(C(=O)NCc2ccccc2CN2CCOCC2)CC1. The van der Waals surface area contributed by atoms with Crippen molar-refractivity contribution < 1.29 is 9.53 Å². The van der Waals surface area contributed by atoms with E-state index in [-0.39, 0.29) is 5.91 Å². The first-order chi connectivity index (χ1) is 10.2. The highest BCUT2D eigenvalue weighted by molar-refractivity contribution is 5.88. The Kier molecular flexibility index (Phi) is 4.24. The molecule has 1 saturated carbocycles. The zero-order valence-corrected chi connectivity index (χ0v) is 12.3. The number of benzene rings is 1. The monoisotopic (exact) mass is 289 g/mol. The summed E-state index contributed by atoms with van der Waals surface area (Å²) in [4.78, 5) is 14.3. The van der Waals surface area contributed by atoms with Crippen LogP contribution >= 0.6 is 0 Å². The van der Waals surface area contributed by atoms with Gasteiger partial charge in [-0.3, -0.25) is 9.69 Å². The molecule has 1 saturated heterocycles. The Bertz CT molecular complexity index is 508. The lowest BCUT2D eigenvalue weighted by Gasteiger charge is -2.27. The molecule has 1 heterocycles. The van der Waals surface area contributed by atoms with E-state index in [4.69, 9.17) is 10.5 Å². The molecule has 2 aliphatic rings. The first kappa shape index (κ1) is 14.5. The molecule has 1 aliphatic carbocycles. The minimum Gasteiger partial charge on any atom is -0.379 e. The van der Waals surface area contributed by atoms with Crippen molar-refractivity contribution in [2.24, 2.45) is 5.73 Å². The number of hydrogen-bond donors (Lipinski definition) is 2. The molecule has 2 fully saturated rings. The molecular weight excluding hydrogens is 266 g/mol. The molecule has 3 rings (SSSR count). The number of rotatable bonds is 5. The number of nitrogens with one attached hydrogen (secondary N) is 1. The summed E-state index contributed by atoms with van der Waals surface area (Å²) < 4.78 is 5.38. The second-order valence-corrected chi connectivity index (χ2v) is 6.00. The van der Waals surface area contributed by atoms with Gasteiger partial charge in [-0.1, -0.05) is 24.3 Å². The predicted octanol–water partition coefficient (Wildman–Crippen LogP) is 0.626. The van der Waals surface area contributed by atoms with E-state index < -0.39 is 5.54 Å². The van der Waals surface area contributed by atoms with Gasteiger partial charge in [-0.05, 0) is 24.0 Å². The molecular formula is C16H23N3O2. The van der Waals surface area contributed by atoms with Crippen molar-refractivity contribution in [3.63, 3.8) is 0 Å². The third kappa shape index (κ3) is 3.61. The third-order valence-corrected chi connectivity index (χ3v) is 4.30. The van der Waals surface area contributed by atoms with Crippen molar-refractivity contribution in [1.29, 1.82) is 0 Å². The summed E-state index contributed by atoms with van der Waals surface area (Å²) in [5.41, 5.74) is 7.74. The van der Waals surface area contributed by atoms with Gasteiger partial charge in [0.05, 0.1) is 18.8 Å². The highest BCUT2D eigenvalue weighted by Crippen LogP contribution is 2.32. The van der Waals surface area contributed by atoms with Gasteiger partial charge in [0, 0.05) is 26.2 Å². The molecule has 21 heavy (non-hydrogen) atoms. The van der Waals surface area contributed by atoms with Crippen LogP contribution < -0.4 is 11.1 Å². The number of hydrogen-bond acceptors (Lipinski definition) is 4. The summed E-state index contributed by atoms with van der Waals surface area (Å²) in [6.45, 7) is 4.99.